The molecular formula is C23H22ClFN2O4. The maximum absolute atomic E-state index is 14.0. The van der Waals surface area contributed by atoms with Gasteiger partial charge in [-0.1, -0.05) is 23.7 Å². The maximum atomic E-state index is 14.0. The molecule has 0 aromatic heterocycles. The highest BCUT2D eigenvalue weighted by atomic mass is 35.5. The van der Waals surface area contributed by atoms with Gasteiger partial charge in [-0.3, -0.25) is 14.5 Å². The van der Waals surface area contributed by atoms with Crippen LogP contribution in [0.1, 0.15) is 17.2 Å². The van der Waals surface area contributed by atoms with Crippen LogP contribution in [0.2, 0.25) is 5.02 Å². The zero-order valence-electron chi connectivity index (χ0n) is 16.8. The number of carbonyl (C=O) groups is 2. The SMILES string of the molecule is O=C1C(=O)N(CCN2CCOCC2)[C@@H](c2cccc(F)c2)/C1=C(\O)c1ccc(Cl)cc1. The summed E-state index contributed by atoms with van der Waals surface area (Å²) in [5.41, 5.74) is 0.730. The number of carbonyl (C=O) groups excluding carboxylic acids is 2. The molecule has 0 spiro atoms. The van der Waals surface area contributed by atoms with Gasteiger partial charge in [-0.15, -0.1) is 0 Å². The van der Waals surface area contributed by atoms with Gasteiger partial charge in [-0.2, -0.15) is 0 Å². The number of rotatable bonds is 5. The van der Waals surface area contributed by atoms with Gasteiger partial charge in [0, 0.05) is 36.8 Å². The van der Waals surface area contributed by atoms with E-state index in [0.717, 1.165) is 13.1 Å². The maximum Gasteiger partial charge on any atom is 0.295 e. The molecule has 2 heterocycles. The van der Waals surface area contributed by atoms with Crippen LogP contribution in [0.15, 0.2) is 54.1 Å². The number of aliphatic hydroxyl groups excluding tert-OH is 1. The lowest BCUT2D eigenvalue weighted by atomic mass is 9.95. The lowest BCUT2D eigenvalue weighted by molar-refractivity contribution is -0.140. The Morgan fingerprint density at radius 1 is 1.10 bits per heavy atom. The van der Waals surface area contributed by atoms with E-state index in [1.165, 1.54) is 23.1 Å². The van der Waals surface area contributed by atoms with Crippen molar-refractivity contribution in [3.8, 4) is 0 Å². The molecule has 2 aromatic carbocycles. The molecule has 0 aliphatic carbocycles. The topological polar surface area (TPSA) is 70.1 Å². The van der Waals surface area contributed by atoms with Crippen molar-refractivity contribution in [3.63, 3.8) is 0 Å². The monoisotopic (exact) mass is 444 g/mol. The molecule has 6 nitrogen and oxygen atoms in total. The van der Waals surface area contributed by atoms with Gasteiger partial charge in [-0.05, 0) is 42.0 Å². The van der Waals surface area contributed by atoms with E-state index in [2.05, 4.69) is 4.90 Å². The second kappa shape index (κ2) is 9.18. The minimum atomic E-state index is -0.882. The van der Waals surface area contributed by atoms with Crippen molar-refractivity contribution in [1.82, 2.24) is 9.80 Å². The van der Waals surface area contributed by atoms with E-state index >= 15 is 0 Å². The van der Waals surface area contributed by atoms with Crippen molar-refractivity contribution < 1.29 is 23.8 Å². The first kappa shape index (κ1) is 21.5. The van der Waals surface area contributed by atoms with Crippen molar-refractivity contribution in [2.75, 3.05) is 39.4 Å². The third-order valence-corrected chi connectivity index (χ3v) is 5.83. The Balaban J connectivity index is 1.73. The summed E-state index contributed by atoms with van der Waals surface area (Å²) in [6.07, 6.45) is 0. The van der Waals surface area contributed by atoms with Crippen LogP contribution in [0.25, 0.3) is 5.76 Å². The first-order valence-corrected chi connectivity index (χ1v) is 10.4. The van der Waals surface area contributed by atoms with Crippen molar-refractivity contribution in [2.24, 2.45) is 0 Å². The molecule has 2 aliphatic heterocycles. The number of ether oxygens (including phenoxy) is 1. The molecule has 0 bridgehead atoms. The van der Waals surface area contributed by atoms with E-state index in [4.69, 9.17) is 16.3 Å². The second-order valence-corrected chi connectivity index (χ2v) is 7.94. The molecule has 2 aliphatic rings. The van der Waals surface area contributed by atoms with Gasteiger partial charge in [0.05, 0.1) is 24.8 Å². The Morgan fingerprint density at radius 2 is 1.81 bits per heavy atom. The average molecular weight is 445 g/mol. The van der Waals surface area contributed by atoms with Crippen LogP contribution >= 0.6 is 11.6 Å². The molecule has 4 rings (SSSR count). The number of nitrogens with zero attached hydrogens (tertiary/aromatic N) is 2. The predicted octanol–water partition coefficient (Wildman–Crippen LogP) is 3.23. The largest absolute Gasteiger partial charge is 0.507 e. The Labute approximate surface area is 184 Å². The van der Waals surface area contributed by atoms with Crippen molar-refractivity contribution in [3.05, 3.63) is 76.1 Å². The standard InChI is InChI=1S/C23H22ClFN2O4/c24-17-6-4-15(5-7-17)21(28)19-20(16-2-1-3-18(25)14-16)27(23(30)22(19)29)9-8-26-10-12-31-13-11-26/h1-7,14,20,28H,8-13H2/b21-19+/t20-/m0/s1. The molecule has 1 amide bonds. The molecule has 0 radical (unpaired) electrons. The van der Waals surface area contributed by atoms with Crippen LogP contribution in [0.3, 0.4) is 0 Å². The molecule has 0 saturated carbocycles. The predicted molar refractivity (Wildman–Crippen MR) is 114 cm³/mol. The number of likely N-dealkylation sites (tertiary alicyclic amines) is 1. The summed E-state index contributed by atoms with van der Waals surface area (Å²) in [6.45, 7) is 3.51. The number of aliphatic hydroxyl groups is 1. The molecule has 2 fully saturated rings. The summed E-state index contributed by atoms with van der Waals surface area (Å²) < 4.78 is 19.4. The van der Waals surface area contributed by atoms with Gasteiger partial charge in [0.15, 0.2) is 0 Å². The summed E-state index contributed by atoms with van der Waals surface area (Å²) >= 11 is 5.93. The van der Waals surface area contributed by atoms with Crippen molar-refractivity contribution >= 4 is 29.1 Å². The number of hydrogen-bond acceptors (Lipinski definition) is 5. The van der Waals surface area contributed by atoms with E-state index in [1.54, 1.807) is 30.3 Å². The van der Waals surface area contributed by atoms with Gasteiger partial charge >= 0.3 is 0 Å². The fraction of sp³-hybridized carbons (Fsp3) is 0.304. The van der Waals surface area contributed by atoms with E-state index in [0.29, 0.717) is 35.9 Å². The summed E-state index contributed by atoms with van der Waals surface area (Å²) in [4.78, 5) is 29.4. The molecular weight excluding hydrogens is 423 g/mol. The highest BCUT2D eigenvalue weighted by Crippen LogP contribution is 2.39. The Kier molecular flexibility index (Phi) is 6.36. The van der Waals surface area contributed by atoms with Crippen LogP contribution in [0.5, 0.6) is 0 Å². The Hall–Kier alpha value is -2.74. The summed E-state index contributed by atoms with van der Waals surface area (Å²) in [6, 6.07) is 11.2. The summed E-state index contributed by atoms with van der Waals surface area (Å²) in [7, 11) is 0. The number of benzene rings is 2. The third-order valence-electron chi connectivity index (χ3n) is 5.58. The van der Waals surface area contributed by atoms with Gasteiger partial charge in [0.1, 0.15) is 11.6 Å². The molecule has 0 unspecified atom stereocenters. The Bertz CT molecular complexity index is 1020. The summed E-state index contributed by atoms with van der Waals surface area (Å²) in [5, 5.41) is 11.4. The van der Waals surface area contributed by atoms with E-state index < -0.39 is 23.5 Å². The first-order valence-electron chi connectivity index (χ1n) is 10.1. The fourth-order valence-electron chi connectivity index (χ4n) is 3.97. The molecule has 8 heteroatoms. The fourth-order valence-corrected chi connectivity index (χ4v) is 4.10. The highest BCUT2D eigenvalue weighted by molar-refractivity contribution is 6.46. The first-order chi connectivity index (χ1) is 15.0. The Morgan fingerprint density at radius 3 is 2.48 bits per heavy atom. The molecule has 162 valence electrons. The molecule has 31 heavy (non-hydrogen) atoms. The zero-order chi connectivity index (χ0) is 22.0. The van der Waals surface area contributed by atoms with Crippen molar-refractivity contribution in [2.45, 2.75) is 6.04 Å². The number of hydrogen-bond donors (Lipinski definition) is 1. The second-order valence-electron chi connectivity index (χ2n) is 7.51. The quantitative estimate of drug-likeness (QED) is 0.435. The third kappa shape index (κ3) is 4.49. The van der Waals surface area contributed by atoms with Gasteiger partial charge in [-0.25, -0.2) is 4.39 Å². The minimum Gasteiger partial charge on any atom is -0.507 e. The normalized spacial score (nSPS) is 21.6. The molecule has 2 saturated heterocycles. The van der Waals surface area contributed by atoms with Crippen molar-refractivity contribution in [1.29, 1.82) is 0 Å². The molecule has 1 atom stereocenters. The van der Waals surface area contributed by atoms with Crippen LogP contribution in [0.4, 0.5) is 4.39 Å². The van der Waals surface area contributed by atoms with Gasteiger partial charge in [0.2, 0.25) is 0 Å². The van der Waals surface area contributed by atoms with Crippen LogP contribution in [-0.2, 0) is 14.3 Å². The zero-order valence-corrected chi connectivity index (χ0v) is 17.5. The van der Waals surface area contributed by atoms with Crippen LogP contribution < -0.4 is 0 Å². The van der Waals surface area contributed by atoms with Crippen LogP contribution in [-0.4, -0.2) is 66.0 Å². The molecule has 2 aromatic rings. The highest BCUT2D eigenvalue weighted by Gasteiger charge is 2.46. The van der Waals surface area contributed by atoms with Gasteiger partial charge < -0.3 is 14.7 Å². The van der Waals surface area contributed by atoms with E-state index in [9.17, 15) is 19.1 Å². The van der Waals surface area contributed by atoms with Crippen LogP contribution in [0, 0.1) is 5.82 Å². The lowest BCUT2D eigenvalue weighted by Crippen LogP contribution is -2.42. The smallest absolute Gasteiger partial charge is 0.295 e. The number of amides is 1. The van der Waals surface area contributed by atoms with E-state index in [-0.39, 0.29) is 17.9 Å². The lowest BCUT2D eigenvalue weighted by Gasteiger charge is -2.31. The molecule has 1 N–H and O–H groups in total. The van der Waals surface area contributed by atoms with Gasteiger partial charge in [0.25, 0.3) is 11.7 Å². The average Bonchev–Trinajstić information content (AvgIpc) is 3.03. The minimum absolute atomic E-state index is 0.0556. The van der Waals surface area contributed by atoms with E-state index in [1.807, 2.05) is 0 Å². The number of ketones is 1. The number of morpholine rings is 1. The summed E-state index contributed by atoms with van der Waals surface area (Å²) in [5.74, 6) is -2.29. The number of halogens is 2. The number of Topliss-reactive ketones (excluding diaryl/α,β-unsaturated/α-hetero) is 1.